The smallest absolute Gasteiger partial charge is 0.0889 e. The summed E-state index contributed by atoms with van der Waals surface area (Å²) in [7, 11) is 2.36. The average Bonchev–Trinajstić information content (AvgIpc) is 2.59. The van der Waals surface area contributed by atoms with Gasteiger partial charge in [-0.3, -0.25) is 0 Å². The van der Waals surface area contributed by atoms with Crippen molar-refractivity contribution in [3.05, 3.63) is 60.7 Å². The molecule has 0 radical (unpaired) electrons. The molecule has 2 unspecified atom stereocenters. The van der Waals surface area contributed by atoms with E-state index in [0.29, 0.717) is 0 Å². The summed E-state index contributed by atoms with van der Waals surface area (Å²) in [5.74, 6) is 0. The minimum Gasteiger partial charge on any atom is -0.341 e. The first-order chi connectivity index (χ1) is 10.8. The zero-order valence-electron chi connectivity index (χ0n) is 13.5. The SMILES string of the molecule is C[NH+]1CCCCC1CCN(c1ccccc1)c1ccccc1. The first-order valence-corrected chi connectivity index (χ1v) is 8.54. The average molecular weight is 295 g/mol. The molecular weight excluding hydrogens is 268 g/mol. The lowest BCUT2D eigenvalue weighted by Gasteiger charge is -2.32. The first-order valence-electron chi connectivity index (χ1n) is 8.54. The van der Waals surface area contributed by atoms with E-state index in [2.05, 4.69) is 72.6 Å². The van der Waals surface area contributed by atoms with Crippen molar-refractivity contribution in [1.29, 1.82) is 0 Å². The monoisotopic (exact) mass is 295 g/mol. The van der Waals surface area contributed by atoms with E-state index in [9.17, 15) is 0 Å². The van der Waals surface area contributed by atoms with Crippen LogP contribution in [-0.2, 0) is 0 Å². The first kappa shape index (κ1) is 15.1. The maximum atomic E-state index is 2.46. The van der Waals surface area contributed by atoms with Crippen molar-refractivity contribution >= 4 is 11.4 Å². The van der Waals surface area contributed by atoms with Gasteiger partial charge in [0.25, 0.3) is 0 Å². The van der Waals surface area contributed by atoms with E-state index in [1.54, 1.807) is 4.90 Å². The molecule has 0 aromatic heterocycles. The quantitative estimate of drug-likeness (QED) is 0.889. The van der Waals surface area contributed by atoms with Crippen LogP contribution in [0.15, 0.2) is 60.7 Å². The van der Waals surface area contributed by atoms with E-state index >= 15 is 0 Å². The third-order valence-electron chi connectivity index (χ3n) is 4.91. The fraction of sp³-hybridized carbons (Fsp3) is 0.400. The second-order valence-electron chi connectivity index (χ2n) is 6.40. The highest BCUT2D eigenvalue weighted by Crippen LogP contribution is 2.25. The van der Waals surface area contributed by atoms with Gasteiger partial charge in [0.2, 0.25) is 0 Å². The molecule has 2 atom stereocenters. The van der Waals surface area contributed by atoms with Crippen LogP contribution in [0, 0.1) is 0 Å². The fourth-order valence-electron chi connectivity index (χ4n) is 3.54. The van der Waals surface area contributed by atoms with Crippen LogP contribution < -0.4 is 9.80 Å². The van der Waals surface area contributed by atoms with E-state index in [4.69, 9.17) is 0 Å². The van der Waals surface area contributed by atoms with Gasteiger partial charge in [-0.1, -0.05) is 36.4 Å². The van der Waals surface area contributed by atoms with Crippen LogP contribution in [0.3, 0.4) is 0 Å². The Hall–Kier alpha value is -1.80. The summed E-state index contributed by atoms with van der Waals surface area (Å²) >= 11 is 0. The minimum absolute atomic E-state index is 0.809. The number of nitrogens with one attached hydrogen (secondary N) is 1. The normalized spacial score (nSPS) is 21.5. The summed E-state index contributed by atoms with van der Waals surface area (Å²) in [6.07, 6.45) is 5.43. The molecule has 1 saturated heterocycles. The van der Waals surface area contributed by atoms with Gasteiger partial charge in [0.15, 0.2) is 0 Å². The van der Waals surface area contributed by atoms with Crippen molar-refractivity contribution < 1.29 is 4.90 Å². The number of nitrogens with zero attached hydrogens (tertiary/aromatic N) is 1. The number of piperidine rings is 1. The predicted octanol–water partition coefficient (Wildman–Crippen LogP) is 3.28. The second kappa shape index (κ2) is 7.46. The topological polar surface area (TPSA) is 7.68 Å². The van der Waals surface area contributed by atoms with Crippen LogP contribution in [0.4, 0.5) is 11.4 Å². The van der Waals surface area contributed by atoms with Crippen LogP contribution in [0.2, 0.25) is 0 Å². The molecule has 1 aliphatic rings. The summed E-state index contributed by atoms with van der Waals surface area (Å²) in [6, 6.07) is 22.4. The molecule has 22 heavy (non-hydrogen) atoms. The van der Waals surface area contributed by atoms with Crippen molar-refractivity contribution in [2.45, 2.75) is 31.7 Å². The summed E-state index contributed by atoms with van der Waals surface area (Å²) < 4.78 is 0. The van der Waals surface area contributed by atoms with E-state index in [1.807, 2.05) is 0 Å². The molecule has 116 valence electrons. The van der Waals surface area contributed by atoms with Crippen LogP contribution >= 0.6 is 0 Å². The van der Waals surface area contributed by atoms with Gasteiger partial charge in [-0.15, -0.1) is 0 Å². The maximum absolute atomic E-state index is 2.46. The van der Waals surface area contributed by atoms with Crippen LogP contribution in [-0.4, -0.2) is 26.2 Å². The van der Waals surface area contributed by atoms with Crippen LogP contribution in [0.25, 0.3) is 0 Å². The van der Waals surface area contributed by atoms with Gasteiger partial charge in [-0.25, -0.2) is 0 Å². The zero-order chi connectivity index (χ0) is 15.2. The lowest BCUT2D eigenvalue weighted by Crippen LogP contribution is -3.13. The number of likely N-dealkylation sites (tertiary alicyclic amines) is 1. The highest BCUT2D eigenvalue weighted by Gasteiger charge is 2.23. The van der Waals surface area contributed by atoms with Crippen molar-refractivity contribution in [3.63, 3.8) is 0 Å². The number of hydrogen-bond acceptors (Lipinski definition) is 1. The minimum atomic E-state index is 0.809. The molecule has 0 amide bonds. The van der Waals surface area contributed by atoms with Crippen molar-refractivity contribution in [1.82, 2.24) is 0 Å². The summed E-state index contributed by atoms with van der Waals surface area (Å²) in [5, 5.41) is 0. The van der Waals surface area contributed by atoms with E-state index in [-0.39, 0.29) is 0 Å². The second-order valence-corrected chi connectivity index (χ2v) is 6.40. The Kier molecular flexibility index (Phi) is 5.12. The van der Waals surface area contributed by atoms with Gasteiger partial charge < -0.3 is 9.80 Å². The molecular formula is C20H27N2+. The molecule has 1 heterocycles. The van der Waals surface area contributed by atoms with Crippen molar-refractivity contribution in [3.8, 4) is 0 Å². The Bertz CT molecular complexity index is 513. The number of anilines is 2. The molecule has 2 nitrogen and oxygen atoms in total. The van der Waals surface area contributed by atoms with Gasteiger partial charge in [0.1, 0.15) is 0 Å². The third-order valence-corrected chi connectivity index (χ3v) is 4.91. The van der Waals surface area contributed by atoms with E-state index < -0.39 is 0 Å². The zero-order valence-corrected chi connectivity index (χ0v) is 13.5. The third kappa shape index (κ3) is 3.69. The number of quaternary nitrogens is 1. The van der Waals surface area contributed by atoms with Crippen molar-refractivity contribution in [2.24, 2.45) is 0 Å². The van der Waals surface area contributed by atoms with E-state index in [0.717, 1.165) is 12.6 Å². The van der Waals surface area contributed by atoms with Crippen LogP contribution in [0.1, 0.15) is 25.7 Å². The predicted molar refractivity (Wildman–Crippen MR) is 93.9 cm³/mol. The van der Waals surface area contributed by atoms with Gasteiger partial charge in [0, 0.05) is 24.3 Å². The molecule has 0 aliphatic carbocycles. The van der Waals surface area contributed by atoms with Gasteiger partial charge in [0.05, 0.1) is 19.6 Å². The fourth-order valence-corrected chi connectivity index (χ4v) is 3.54. The van der Waals surface area contributed by atoms with Crippen molar-refractivity contribution in [2.75, 3.05) is 25.0 Å². The Morgan fingerprint density at radius 2 is 1.50 bits per heavy atom. The maximum Gasteiger partial charge on any atom is 0.0889 e. The molecule has 3 rings (SSSR count). The van der Waals surface area contributed by atoms with E-state index in [1.165, 1.54) is 43.6 Å². The molecule has 2 aromatic rings. The van der Waals surface area contributed by atoms with Gasteiger partial charge >= 0.3 is 0 Å². The Labute approximate surface area is 134 Å². The number of para-hydroxylation sites is 2. The van der Waals surface area contributed by atoms with Crippen LogP contribution in [0.5, 0.6) is 0 Å². The lowest BCUT2D eigenvalue weighted by atomic mass is 9.99. The van der Waals surface area contributed by atoms with Gasteiger partial charge in [-0.2, -0.15) is 0 Å². The molecule has 0 bridgehead atoms. The molecule has 2 heteroatoms. The Morgan fingerprint density at radius 3 is 2.05 bits per heavy atom. The number of rotatable bonds is 5. The van der Waals surface area contributed by atoms with Gasteiger partial charge in [-0.05, 0) is 43.5 Å². The molecule has 1 aliphatic heterocycles. The summed E-state index contributed by atoms with van der Waals surface area (Å²) in [6.45, 7) is 2.43. The number of hydrogen-bond donors (Lipinski definition) is 1. The lowest BCUT2D eigenvalue weighted by molar-refractivity contribution is -0.911. The largest absolute Gasteiger partial charge is 0.341 e. The summed E-state index contributed by atoms with van der Waals surface area (Å²) in [4.78, 5) is 4.18. The molecule has 2 aromatic carbocycles. The molecule has 1 N–H and O–H groups in total. The Morgan fingerprint density at radius 1 is 0.909 bits per heavy atom. The standard InChI is InChI=1S/C20H26N2/c1-21-16-9-8-10-18(21)15-17-22(19-11-4-2-5-12-19)20-13-6-3-7-14-20/h2-7,11-14,18H,8-10,15-17H2,1H3/p+1. The molecule has 0 saturated carbocycles. The molecule has 1 fully saturated rings. The number of benzene rings is 2. The summed E-state index contributed by atoms with van der Waals surface area (Å²) in [5.41, 5.74) is 2.59. The molecule has 0 spiro atoms. The highest BCUT2D eigenvalue weighted by molar-refractivity contribution is 5.62. The highest BCUT2D eigenvalue weighted by atomic mass is 15.2. The Balaban J connectivity index is 1.74.